The number of nitrogens with zero attached hydrogens (tertiary/aromatic N) is 1. The van der Waals surface area contributed by atoms with Gasteiger partial charge >= 0.3 is 0 Å². The highest BCUT2D eigenvalue weighted by molar-refractivity contribution is 7.15. The molecule has 0 bridgehead atoms. The van der Waals surface area contributed by atoms with Gasteiger partial charge in [-0.1, -0.05) is 30.3 Å². The van der Waals surface area contributed by atoms with Crippen LogP contribution in [0, 0.1) is 6.92 Å². The summed E-state index contributed by atoms with van der Waals surface area (Å²) in [6, 6.07) is 9.24. The molecule has 0 aliphatic carbocycles. The van der Waals surface area contributed by atoms with Gasteiger partial charge in [0.1, 0.15) is 5.38 Å². The first-order valence-corrected chi connectivity index (χ1v) is 6.34. The van der Waals surface area contributed by atoms with Crippen LogP contribution in [-0.2, 0) is 4.79 Å². The van der Waals surface area contributed by atoms with Crippen molar-refractivity contribution in [3.8, 4) is 0 Å². The van der Waals surface area contributed by atoms with Gasteiger partial charge in [-0.2, -0.15) is 0 Å². The van der Waals surface area contributed by atoms with Crippen LogP contribution in [0.5, 0.6) is 0 Å². The second-order valence-electron chi connectivity index (χ2n) is 3.54. The molecule has 1 atom stereocenters. The fourth-order valence-corrected chi connectivity index (χ4v) is 2.22. The number of rotatable bonds is 3. The third kappa shape index (κ3) is 3.05. The van der Waals surface area contributed by atoms with E-state index in [0.717, 1.165) is 10.4 Å². The van der Waals surface area contributed by atoms with E-state index in [9.17, 15) is 4.79 Å². The predicted octanol–water partition coefficient (Wildman–Crippen LogP) is 3.37. The Kier molecular flexibility index (Phi) is 3.76. The van der Waals surface area contributed by atoms with Gasteiger partial charge in [0.25, 0.3) is 0 Å². The van der Waals surface area contributed by atoms with Crippen molar-refractivity contribution >= 4 is 34.0 Å². The van der Waals surface area contributed by atoms with Gasteiger partial charge in [0.2, 0.25) is 5.91 Å². The molecule has 0 fully saturated rings. The number of hydrogen-bond acceptors (Lipinski definition) is 3. The molecule has 3 nitrogen and oxygen atoms in total. The number of hydrogen-bond donors (Lipinski definition) is 1. The minimum Gasteiger partial charge on any atom is -0.300 e. The standard InChI is InChI=1S/C12H11ClN2OS/c1-8-7-14-12(17-8)15-11(16)10(13)9-5-3-2-4-6-9/h2-7,10H,1H3,(H,14,15,16). The van der Waals surface area contributed by atoms with Crippen molar-refractivity contribution in [1.82, 2.24) is 4.98 Å². The van der Waals surface area contributed by atoms with Gasteiger partial charge < -0.3 is 5.32 Å². The first-order chi connectivity index (χ1) is 8.16. The average molecular weight is 267 g/mol. The van der Waals surface area contributed by atoms with E-state index in [1.165, 1.54) is 11.3 Å². The molecule has 1 aromatic carbocycles. The molecule has 1 amide bonds. The Labute approximate surface area is 108 Å². The van der Waals surface area contributed by atoms with Gasteiger partial charge in [-0.05, 0) is 12.5 Å². The summed E-state index contributed by atoms with van der Waals surface area (Å²) in [6.07, 6.45) is 1.71. The number of nitrogens with one attached hydrogen (secondary N) is 1. The quantitative estimate of drug-likeness (QED) is 0.866. The fourth-order valence-electron chi connectivity index (χ4n) is 1.35. The highest BCUT2D eigenvalue weighted by atomic mass is 35.5. The maximum absolute atomic E-state index is 11.8. The average Bonchev–Trinajstić information content (AvgIpc) is 2.75. The highest BCUT2D eigenvalue weighted by Crippen LogP contribution is 2.23. The largest absolute Gasteiger partial charge is 0.300 e. The van der Waals surface area contributed by atoms with E-state index >= 15 is 0 Å². The summed E-state index contributed by atoms with van der Waals surface area (Å²) < 4.78 is 0. The first kappa shape index (κ1) is 12.1. The molecule has 17 heavy (non-hydrogen) atoms. The van der Waals surface area contributed by atoms with E-state index in [1.807, 2.05) is 37.3 Å². The Balaban J connectivity index is 2.06. The summed E-state index contributed by atoms with van der Waals surface area (Å²) in [5.74, 6) is -0.257. The smallest absolute Gasteiger partial charge is 0.248 e. The predicted molar refractivity (Wildman–Crippen MR) is 70.5 cm³/mol. The zero-order valence-corrected chi connectivity index (χ0v) is 10.8. The maximum atomic E-state index is 11.8. The lowest BCUT2D eigenvalue weighted by Gasteiger charge is -2.08. The second-order valence-corrected chi connectivity index (χ2v) is 5.21. The summed E-state index contributed by atoms with van der Waals surface area (Å²) in [5, 5.41) is 2.58. The van der Waals surface area contributed by atoms with E-state index in [2.05, 4.69) is 10.3 Å². The van der Waals surface area contributed by atoms with Crippen LogP contribution in [0.2, 0.25) is 0 Å². The Morgan fingerprint density at radius 2 is 2.12 bits per heavy atom. The van der Waals surface area contributed by atoms with E-state index in [0.29, 0.717) is 5.13 Å². The number of halogens is 1. The van der Waals surface area contributed by atoms with E-state index in [4.69, 9.17) is 11.6 Å². The summed E-state index contributed by atoms with van der Waals surface area (Å²) in [5.41, 5.74) is 0.778. The number of carbonyl (C=O) groups excluding carboxylic acids is 1. The van der Waals surface area contributed by atoms with Crippen molar-refractivity contribution in [2.24, 2.45) is 0 Å². The lowest BCUT2D eigenvalue weighted by atomic mass is 10.1. The number of aromatic nitrogens is 1. The number of carbonyl (C=O) groups is 1. The van der Waals surface area contributed by atoms with Crippen molar-refractivity contribution in [3.63, 3.8) is 0 Å². The Morgan fingerprint density at radius 1 is 1.41 bits per heavy atom. The van der Waals surface area contributed by atoms with Gasteiger partial charge in [0, 0.05) is 11.1 Å². The van der Waals surface area contributed by atoms with Crippen molar-refractivity contribution in [2.45, 2.75) is 12.3 Å². The Morgan fingerprint density at radius 3 is 2.71 bits per heavy atom. The van der Waals surface area contributed by atoms with E-state index < -0.39 is 5.38 Å². The number of benzene rings is 1. The lowest BCUT2D eigenvalue weighted by Crippen LogP contribution is -2.17. The minimum absolute atomic E-state index is 0.257. The van der Waals surface area contributed by atoms with Crippen LogP contribution in [0.25, 0.3) is 0 Å². The molecule has 1 aromatic heterocycles. The van der Waals surface area contributed by atoms with Crippen LogP contribution in [-0.4, -0.2) is 10.9 Å². The van der Waals surface area contributed by atoms with Gasteiger partial charge in [-0.15, -0.1) is 22.9 Å². The van der Waals surface area contributed by atoms with Crippen molar-refractivity contribution in [1.29, 1.82) is 0 Å². The molecule has 1 heterocycles. The maximum Gasteiger partial charge on any atom is 0.248 e. The van der Waals surface area contributed by atoms with Crippen LogP contribution in [0.4, 0.5) is 5.13 Å². The van der Waals surface area contributed by atoms with Crippen LogP contribution in [0.3, 0.4) is 0 Å². The Bertz CT molecular complexity index is 512. The molecule has 2 rings (SSSR count). The third-order valence-electron chi connectivity index (χ3n) is 2.17. The van der Waals surface area contributed by atoms with Crippen molar-refractivity contribution < 1.29 is 4.79 Å². The molecule has 5 heteroatoms. The number of aryl methyl sites for hydroxylation is 1. The topological polar surface area (TPSA) is 42.0 Å². The van der Waals surface area contributed by atoms with Gasteiger partial charge in [-0.3, -0.25) is 4.79 Å². The lowest BCUT2D eigenvalue weighted by molar-refractivity contribution is -0.116. The number of amides is 1. The van der Waals surface area contributed by atoms with Crippen LogP contribution in [0.15, 0.2) is 36.5 Å². The van der Waals surface area contributed by atoms with Crippen LogP contribution >= 0.6 is 22.9 Å². The van der Waals surface area contributed by atoms with E-state index in [1.54, 1.807) is 6.20 Å². The first-order valence-electron chi connectivity index (χ1n) is 5.09. The monoisotopic (exact) mass is 266 g/mol. The molecule has 0 aliphatic rings. The third-order valence-corrected chi connectivity index (χ3v) is 3.45. The Hall–Kier alpha value is -1.39. The van der Waals surface area contributed by atoms with Gasteiger partial charge in [-0.25, -0.2) is 4.98 Å². The molecule has 0 saturated carbocycles. The molecule has 1 unspecified atom stereocenters. The van der Waals surface area contributed by atoms with Gasteiger partial charge in [0.15, 0.2) is 5.13 Å². The molecular weight excluding hydrogens is 256 g/mol. The molecule has 1 N–H and O–H groups in total. The van der Waals surface area contributed by atoms with Crippen molar-refractivity contribution in [3.05, 3.63) is 47.0 Å². The molecule has 0 saturated heterocycles. The summed E-state index contributed by atoms with van der Waals surface area (Å²) in [4.78, 5) is 17.0. The van der Waals surface area contributed by atoms with Crippen LogP contribution < -0.4 is 5.32 Å². The summed E-state index contributed by atoms with van der Waals surface area (Å²) in [6.45, 7) is 1.93. The summed E-state index contributed by atoms with van der Waals surface area (Å²) >= 11 is 7.51. The van der Waals surface area contributed by atoms with Gasteiger partial charge in [0.05, 0.1) is 0 Å². The summed E-state index contributed by atoms with van der Waals surface area (Å²) in [7, 11) is 0. The molecule has 0 aliphatic heterocycles. The molecule has 2 aromatic rings. The minimum atomic E-state index is -0.694. The second kappa shape index (κ2) is 5.29. The number of thiazole rings is 1. The molecular formula is C12H11ClN2OS. The number of alkyl halides is 1. The zero-order chi connectivity index (χ0) is 12.3. The van der Waals surface area contributed by atoms with E-state index in [-0.39, 0.29) is 5.91 Å². The molecule has 0 radical (unpaired) electrons. The normalized spacial score (nSPS) is 12.1. The molecule has 0 spiro atoms. The molecule has 88 valence electrons. The number of anilines is 1. The zero-order valence-electron chi connectivity index (χ0n) is 9.18. The van der Waals surface area contributed by atoms with Crippen molar-refractivity contribution in [2.75, 3.05) is 5.32 Å². The van der Waals surface area contributed by atoms with Crippen LogP contribution in [0.1, 0.15) is 15.8 Å². The fraction of sp³-hybridized carbons (Fsp3) is 0.167. The SMILES string of the molecule is Cc1cnc(NC(=O)C(Cl)c2ccccc2)s1. The highest BCUT2D eigenvalue weighted by Gasteiger charge is 2.18.